The molecule has 0 aliphatic heterocycles. The van der Waals surface area contributed by atoms with Crippen LogP contribution in [0.25, 0.3) is 0 Å². The summed E-state index contributed by atoms with van der Waals surface area (Å²) in [5, 5.41) is 0. The molecule has 0 aromatic heterocycles. The van der Waals surface area contributed by atoms with Gasteiger partial charge in [0.1, 0.15) is 0 Å². The third-order valence-electron chi connectivity index (χ3n) is 0.940. The smallest absolute Gasteiger partial charge is 0 e. The van der Waals surface area contributed by atoms with Gasteiger partial charge < -0.3 is 7.43 Å². The molecule has 0 aliphatic carbocycles. The van der Waals surface area contributed by atoms with E-state index in [9.17, 15) is 0 Å². The first-order valence-corrected chi connectivity index (χ1v) is 3.41. The number of benzene rings is 1. The van der Waals surface area contributed by atoms with E-state index in [-0.39, 0.29) is 40.1 Å². The summed E-state index contributed by atoms with van der Waals surface area (Å²) < 4.78 is 0. The van der Waals surface area contributed by atoms with E-state index in [1.807, 2.05) is 32.0 Å². The summed E-state index contributed by atoms with van der Waals surface area (Å²) in [6.45, 7) is 6.08. The van der Waals surface area contributed by atoms with Gasteiger partial charge in [0.2, 0.25) is 0 Å². The van der Waals surface area contributed by atoms with Crippen LogP contribution in [0.4, 0.5) is 0 Å². The number of hydrogen-bond acceptors (Lipinski definition) is 0. The normalized spacial score (nSPS) is 6.09. The van der Waals surface area contributed by atoms with Crippen molar-refractivity contribution in [2.45, 2.75) is 20.8 Å². The maximum Gasteiger partial charge on any atom is 0 e. The van der Waals surface area contributed by atoms with Gasteiger partial charge in [-0.25, -0.2) is 0 Å². The van der Waals surface area contributed by atoms with Crippen molar-refractivity contribution in [1.29, 1.82) is 0 Å². The Morgan fingerprint density at radius 2 is 1.27 bits per heavy atom. The SMILES string of the molecule is CC.Cc1ccccc1.[CH3-].[Y]. The summed E-state index contributed by atoms with van der Waals surface area (Å²) in [6, 6.07) is 10.3. The van der Waals surface area contributed by atoms with E-state index in [0.29, 0.717) is 0 Å². The number of hydrogen-bond donors (Lipinski definition) is 0. The van der Waals surface area contributed by atoms with Gasteiger partial charge in [0.25, 0.3) is 0 Å². The van der Waals surface area contributed by atoms with Gasteiger partial charge in [-0.15, -0.1) is 0 Å². The third kappa shape index (κ3) is 10.3. The van der Waals surface area contributed by atoms with Crippen LogP contribution in [0.3, 0.4) is 0 Å². The number of aryl methyl sites for hydroxylation is 1. The molecule has 0 amide bonds. The van der Waals surface area contributed by atoms with Crippen LogP contribution < -0.4 is 0 Å². The zero-order chi connectivity index (χ0) is 7.11. The van der Waals surface area contributed by atoms with Crippen LogP contribution >= 0.6 is 0 Å². The quantitative estimate of drug-likeness (QED) is 0.594. The monoisotopic (exact) mass is 226 g/mol. The molecule has 0 atom stereocenters. The minimum atomic E-state index is 0. The number of rotatable bonds is 0. The molecule has 0 unspecified atom stereocenters. The van der Waals surface area contributed by atoms with E-state index in [1.54, 1.807) is 0 Å². The molecular formula is C10H17Y-. The van der Waals surface area contributed by atoms with E-state index in [4.69, 9.17) is 0 Å². The summed E-state index contributed by atoms with van der Waals surface area (Å²) in [6.07, 6.45) is 0. The molecular weight excluding hydrogens is 209 g/mol. The molecule has 0 spiro atoms. The summed E-state index contributed by atoms with van der Waals surface area (Å²) in [5.74, 6) is 0. The Morgan fingerprint density at radius 3 is 1.45 bits per heavy atom. The standard InChI is InChI=1S/C7H8.C2H6.CH3.Y/c1-7-5-3-2-4-6-7;1-2;;/h2-6H,1H3;1-2H3;1H3;/q;;-1;. The first-order valence-electron chi connectivity index (χ1n) is 3.41. The van der Waals surface area contributed by atoms with Crippen LogP contribution in [-0.2, 0) is 32.7 Å². The predicted octanol–water partition coefficient (Wildman–Crippen LogP) is 3.47. The fourth-order valence-electron chi connectivity index (χ4n) is 0.534. The van der Waals surface area contributed by atoms with Crippen LogP contribution in [0.5, 0.6) is 0 Å². The summed E-state index contributed by atoms with van der Waals surface area (Å²) in [5.41, 5.74) is 1.32. The van der Waals surface area contributed by atoms with Gasteiger partial charge in [-0.1, -0.05) is 49.7 Å². The van der Waals surface area contributed by atoms with Crippen LogP contribution in [0, 0.1) is 14.4 Å². The largest absolute Gasteiger partial charge is 0.358 e. The molecule has 0 fully saturated rings. The molecule has 0 aliphatic rings. The minimum Gasteiger partial charge on any atom is -0.358 e. The van der Waals surface area contributed by atoms with Crippen LogP contribution in [0.1, 0.15) is 19.4 Å². The van der Waals surface area contributed by atoms with Crippen molar-refractivity contribution in [1.82, 2.24) is 0 Å². The second-order valence-electron chi connectivity index (χ2n) is 1.65. The summed E-state index contributed by atoms with van der Waals surface area (Å²) in [7, 11) is 0. The van der Waals surface area contributed by atoms with Gasteiger partial charge in [-0.05, 0) is 6.92 Å². The van der Waals surface area contributed by atoms with Gasteiger partial charge in [-0.3, -0.25) is 0 Å². The van der Waals surface area contributed by atoms with Crippen molar-refractivity contribution in [2.24, 2.45) is 0 Å². The summed E-state index contributed by atoms with van der Waals surface area (Å²) in [4.78, 5) is 0. The summed E-state index contributed by atoms with van der Waals surface area (Å²) >= 11 is 0. The Labute approximate surface area is 96.3 Å². The van der Waals surface area contributed by atoms with E-state index < -0.39 is 0 Å². The average Bonchev–Trinajstić information content (AvgIpc) is 1.94. The van der Waals surface area contributed by atoms with Crippen molar-refractivity contribution in [3.05, 3.63) is 43.3 Å². The van der Waals surface area contributed by atoms with Gasteiger partial charge in [-0.2, -0.15) is 0 Å². The van der Waals surface area contributed by atoms with Gasteiger partial charge in [0, 0.05) is 32.7 Å². The van der Waals surface area contributed by atoms with E-state index >= 15 is 0 Å². The average molecular weight is 226 g/mol. The molecule has 11 heavy (non-hydrogen) atoms. The van der Waals surface area contributed by atoms with Crippen molar-refractivity contribution in [3.8, 4) is 0 Å². The fourth-order valence-corrected chi connectivity index (χ4v) is 0.534. The van der Waals surface area contributed by atoms with Crippen molar-refractivity contribution in [3.63, 3.8) is 0 Å². The Balaban J connectivity index is -0.000000149. The van der Waals surface area contributed by atoms with Crippen LogP contribution in [0.15, 0.2) is 30.3 Å². The zero-order valence-corrected chi connectivity index (χ0v) is 10.8. The second-order valence-corrected chi connectivity index (χ2v) is 1.65. The van der Waals surface area contributed by atoms with Crippen LogP contribution in [-0.4, -0.2) is 0 Å². The van der Waals surface area contributed by atoms with Crippen molar-refractivity contribution < 1.29 is 32.7 Å². The topological polar surface area (TPSA) is 0 Å². The molecule has 1 aromatic rings. The molecule has 0 nitrogen and oxygen atoms in total. The zero-order valence-electron chi connectivity index (χ0n) is 7.96. The fraction of sp³-hybridized carbons (Fsp3) is 0.300. The maximum absolute atomic E-state index is 2.08. The molecule has 61 valence electrons. The molecule has 1 rings (SSSR count). The molecule has 1 aromatic carbocycles. The maximum atomic E-state index is 2.08. The molecule has 0 N–H and O–H groups in total. The Morgan fingerprint density at radius 1 is 0.909 bits per heavy atom. The van der Waals surface area contributed by atoms with Crippen LogP contribution in [0.2, 0.25) is 0 Å². The third-order valence-corrected chi connectivity index (χ3v) is 0.940. The van der Waals surface area contributed by atoms with Crippen molar-refractivity contribution >= 4 is 0 Å². The molecule has 1 heteroatoms. The molecule has 0 heterocycles. The Bertz CT molecular complexity index is 135. The Hall–Kier alpha value is 0.324. The minimum absolute atomic E-state index is 0. The molecule has 0 bridgehead atoms. The van der Waals surface area contributed by atoms with Crippen molar-refractivity contribution in [2.75, 3.05) is 0 Å². The van der Waals surface area contributed by atoms with Gasteiger partial charge in [0.05, 0.1) is 0 Å². The van der Waals surface area contributed by atoms with E-state index in [0.717, 1.165) is 0 Å². The van der Waals surface area contributed by atoms with E-state index in [1.165, 1.54) is 5.56 Å². The van der Waals surface area contributed by atoms with Gasteiger partial charge in [0.15, 0.2) is 0 Å². The molecule has 0 saturated heterocycles. The Kier molecular flexibility index (Phi) is 20.5. The molecule has 1 radical (unpaired) electrons. The molecule has 0 saturated carbocycles. The first kappa shape index (κ1) is 17.4. The first-order chi connectivity index (χ1) is 4.39. The van der Waals surface area contributed by atoms with E-state index in [2.05, 4.69) is 19.1 Å². The van der Waals surface area contributed by atoms with Gasteiger partial charge >= 0.3 is 0 Å². The second kappa shape index (κ2) is 13.0. The predicted molar refractivity (Wildman–Crippen MR) is 48.9 cm³/mol.